The Morgan fingerprint density at radius 2 is 1.94 bits per heavy atom. The highest BCUT2D eigenvalue weighted by Gasteiger charge is 2.40. The Bertz CT molecular complexity index is 1330. The van der Waals surface area contributed by atoms with E-state index in [1.165, 1.54) is 5.56 Å². The standard InChI is InChI=1S/C28H26N2O3/c1-30-15-14-29-18-25(30)19-4-7-21(8-5-19)28(27-3-2-16-32-27)13-12-24-23-10-9-22(31)17-20(23)6-11-26(24)33-28/h2-13,16-17,25,29,31H,14-15,18H2,1H3. The maximum atomic E-state index is 9.86. The number of phenolic OH excluding ortho intramolecular Hbond substituents is 1. The number of nitrogens with one attached hydrogen (secondary N) is 1. The molecule has 2 aliphatic heterocycles. The van der Waals surface area contributed by atoms with Gasteiger partial charge in [-0.1, -0.05) is 30.3 Å². The maximum Gasteiger partial charge on any atom is 0.210 e. The minimum Gasteiger partial charge on any atom is -0.508 e. The van der Waals surface area contributed by atoms with Crippen LogP contribution in [0.4, 0.5) is 0 Å². The van der Waals surface area contributed by atoms with Gasteiger partial charge in [0.2, 0.25) is 5.60 Å². The molecule has 0 aliphatic carbocycles. The van der Waals surface area contributed by atoms with Gasteiger partial charge in [0, 0.05) is 36.8 Å². The van der Waals surface area contributed by atoms with Crippen LogP contribution in [-0.4, -0.2) is 36.7 Å². The van der Waals surface area contributed by atoms with Gasteiger partial charge in [-0.2, -0.15) is 0 Å². The first-order chi connectivity index (χ1) is 16.1. The highest BCUT2D eigenvalue weighted by Crippen LogP contribution is 2.44. The number of rotatable bonds is 3. The lowest BCUT2D eigenvalue weighted by atomic mass is 9.86. The molecule has 1 saturated heterocycles. The van der Waals surface area contributed by atoms with Gasteiger partial charge in [-0.05, 0) is 71.9 Å². The third kappa shape index (κ3) is 3.32. The molecule has 1 fully saturated rings. The molecule has 3 aromatic carbocycles. The summed E-state index contributed by atoms with van der Waals surface area (Å²) in [6, 6.07) is 22.3. The number of benzene rings is 3. The first kappa shape index (κ1) is 20.1. The van der Waals surface area contributed by atoms with Crippen molar-refractivity contribution >= 4 is 16.8 Å². The van der Waals surface area contributed by atoms with Crippen molar-refractivity contribution in [2.75, 3.05) is 26.7 Å². The second-order valence-corrected chi connectivity index (χ2v) is 8.85. The number of phenols is 1. The molecule has 0 amide bonds. The summed E-state index contributed by atoms with van der Waals surface area (Å²) < 4.78 is 12.6. The number of hydrogen-bond acceptors (Lipinski definition) is 5. The summed E-state index contributed by atoms with van der Waals surface area (Å²) in [6.45, 7) is 3.02. The minimum atomic E-state index is -0.851. The molecule has 2 aliphatic rings. The SMILES string of the molecule is CN1CCNCC1c1ccc(C2(c3ccco3)C=Cc3c(ccc4cc(O)ccc34)O2)cc1. The Kier molecular flexibility index (Phi) is 4.75. The maximum absolute atomic E-state index is 9.86. The predicted octanol–water partition coefficient (Wildman–Crippen LogP) is 5.06. The van der Waals surface area contributed by atoms with Crippen molar-refractivity contribution in [2.45, 2.75) is 11.6 Å². The van der Waals surface area contributed by atoms with E-state index in [2.05, 4.69) is 53.7 Å². The van der Waals surface area contributed by atoms with E-state index in [9.17, 15) is 5.11 Å². The van der Waals surface area contributed by atoms with Crippen LogP contribution in [0.1, 0.15) is 28.5 Å². The van der Waals surface area contributed by atoms with Gasteiger partial charge in [-0.15, -0.1) is 0 Å². The van der Waals surface area contributed by atoms with Crippen molar-refractivity contribution in [3.63, 3.8) is 0 Å². The van der Waals surface area contributed by atoms with E-state index < -0.39 is 5.60 Å². The van der Waals surface area contributed by atoms with Crippen LogP contribution in [0, 0.1) is 0 Å². The largest absolute Gasteiger partial charge is 0.508 e. The fraction of sp³-hybridized carbons (Fsp3) is 0.214. The molecule has 0 bridgehead atoms. The molecule has 2 N–H and O–H groups in total. The molecule has 1 aromatic heterocycles. The van der Waals surface area contributed by atoms with Gasteiger partial charge in [0.1, 0.15) is 11.5 Å². The quantitative estimate of drug-likeness (QED) is 0.468. The monoisotopic (exact) mass is 438 g/mol. The average molecular weight is 439 g/mol. The Morgan fingerprint density at radius 3 is 2.73 bits per heavy atom. The van der Waals surface area contributed by atoms with Gasteiger partial charge in [0.25, 0.3) is 0 Å². The average Bonchev–Trinajstić information content (AvgIpc) is 3.39. The number of nitrogens with zero attached hydrogens (tertiary/aromatic N) is 1. The van der Waals surface area contributed by atoms with E-state index in [0.29, 0.717) is 6.04 Å². The topological polar surface area (TPSA) is 57.9 Å². The fourth-order valence-electron chi connectivity index (χ4n) is 5.04. The van der Waals surface area contributed by atoms with Crippen LogP contribution in [0.15, 0.2) is 83.5 Å². The zero-order chi connectivity index (χ0) is 22.4. The first-order valence-electron chi connectivity index (χ1n) is 11.3. The molecule has 0 spiro atoms. The van der Waals surface area contributed by atoms with Crippen LogP contribution in [0.2, 0.25) is 0 Å². The summed E-state index contributed by atoms with van der Waals surface area (Å²) in [5.41, 5.74) is 2.45. The molecule has 6 rings (SSSR count). The highest BCUT2D eigenvalue weighted by atomic mass is 16.5. The summed E-state index contributed by atoms with van der Waals surface area (Å²) in [6.07, 6.45) is 5.86. The molecule has 2 unspecified atom stereocenters. The summed E-state index contributed by atoms with van der Waals surface area (Å²) in [5, 5.41) is 15.4. The molecule has 5 nitrogen and oxygen atoms in total. The zero-order valence-electron chi connectivity index (χ0n) is 18.5. The normalized spacial score (nSPS) is 22.8. The van der Waals surface area contributed by atoms with Crippen LogP contribution in [0.5, 0.6) is 11.5 Å². The van der Waals surface area contributed by atoms with E-state index in [0.717, 1.165) is 53.0 Å². The van der Waals surface area contributed by atoms with Crippen molar-refractivity contribution in [2.24, 2.45) is 0 Å². The Morgan fingerprint density at radius 1 is 1.06 bits per heavy atom. The predicted molar refractivity (Wildman–Crippen MR) is 129 cm³/mol. The van der Waals surface area contributed by atoms with Crippen LogP contribution in [0.25, 0.3) is 16.8 Å². The van der Waals surface area contributed by atoms with Crippen LogP contribution < -0.4 is 10.1 Å². The molecular formula is C28H26N2O3. The zero-order valence-corrected chi connectivity index (χ0v) is 18.5. The molecule has 5 heteroatoms. The highest BCUT2D eigenvalue weighted by molar-refractivity contribution is 5.94. The van der Waals surface area contributed by atoms with Crippen LogP contribution >= 0.6 is 0 Å². The van der Waals surface area contributed by atoms with E-state index in [4.69, 9.17) is 9.15 Å². The lowest BCUT2D eigenvalue weighted by molar-refractivity contribution is 0.133. The van der Waals surface area contributed by atoms with E-state index in [1.54, 1.807) is 18.4 Å². The Hall–Kier alpha value is -3.54. The summed E-state index contributed by atoms with van der Waals surface area (Å²) >= 11 is 0. The van der Waals surface area contributed by atoms with Crippen LogP contribution in [0.3, 0.4) is 0 Å². The van der Waals surface area contributed by atoms with Gasteiger partial charge in [0.05, 0.1) is 6.26 Å². The van der Waals surface area contributed by atoms with Crippen molar-refractivity contribution in [3.05, 3.63) is 102 Å². The molecule has 2 atom stereocenters. The number of fused-ring (bicyclic) bond motifs is 3. The number of ether oxygens (including phenoxy) is 1. The minimum absolute atomic E-state index is 0.256. The molecule has 0 radical (unpaired) electrons. The third-order valence-electron chi connectivity index (χ3n) is 6.88. The molecular weight excluding hydrogens is 412 g/mol. The van der Waals surface area contributed by atoms with Crippen molar-refractivity contribution in [3.8, 4) is 11.5 Å². The number of piperazine rings is 1. The first-order valence-corrected chi connectivity index (χ1v) is 11.3. The number of furan rings is 1. The molecule has 33 heavy (non-hydrogen) atoms. The van der Waals surface area contributed by atoms with E-state index in [1.807, 2.05) is 30.3 Å². The smallest absolute Gasteiger partial charge is 0.210 e. The summed E-state index contributed by atoms with van der Waals surface area (Å²) in [7, 11) is 2.18. The number of aromatic hydroxyl groups is 1. The molecule has 3 heterocycles. The second-order valence-electron chi connectivity index (χ2n) is 8.85. The Balaban J connectivity index is 1.43. The van der Waals surface area contributed by atoms with Gasteiger partial charge >= 0.3 is 0 Å². The molecule has 0 saturated carbocycles. The van der Waals surface area contributed by atoms with Crippen LogP contribution in [-0.2, 0) is 5.60 Å². The lowest BCUT2D eigenvalue weighted by Gasteiger charge is -2.35. The second kappa shape index (κ2) is 7.80. The van der Waals surface area contributed by atoms with E-state index in [-0.39, 0.29) is 5.75 Å². The van der Waals surface area contributed by atoms with Crippen molar-refractivity contribution < 1.29 is 14.3 Å². The van der Waals surface area contributed by atoms with Crippen molar-refractivity contribution in [1.29, 1.82) is 0 Å². The summed E-state index contributed by atoms with van der Waals surface area (Å²) in [5.74, 6) is 1.78. The van der Waals surface area contributed by atoms with Gasteiger partial charge in [-0.25, -0.2) is 0 Å². The van der Waals surface area contributed by atoms with Gasteiger partial charge in [0.15, 0.2) is 5.76 Å². The third-order valence-corrected chi connectivity index (χ3v) is 6.88. The van der Waals surface area contributed by atoms with Crippen molar-refractivity contribution in [1.82, 2.24) is 10.2 Å². The number of likely N-dealkylation sites (N-methyl/N-ethyl adjacent to an activating group) is 1. The van der Waals surface area contributed by atoms with E-state index >= 15 is 0 Å². The van der Waals surface area contributed by atoms with Gasteiger partial charge < -0.3 is 19.6 Å². The fourth-order valence-corrected chi connectivity index (χ4v) is 5.04. The number of hydrogen-bond donors (Lipinski definition) is 2. The lowest BCUT2D eigenvalue weighted by Crippen LogP contribution is -2.43. The summed E-state index contributed by atoms with van der Waals surface area (Å²) in [4.78, 5) is 2.39. The molecule has 166 valence electrons. The molecule has 4 aromatic rings. The van der Waals surface area contributed by atoms with Gasteiger partial charge in [-0.3, -0.25) is 4.90 Å². The Labute approximate surface area is 192 Å².